The second-order valence-electron chi connectivity index (χ2n) is 7.67. The normalized spacial score (nSPS) is 19.0. The molecule has 0 saturated carbocycles. The summed E-state index contributed by atoms with van der Waals surface area (Å²) in [6.07, 6.45) is 2.39. The second kappa shape index (κ2) is 8.18. The SMILES string of the molecule is CC(C)Nc1ccc2c(c1)CC(CNc1ccc3c(c1)CCSC3)CS2. The maximum absolute atomic E-state index is 3.71. The zero-order valence-corrected chi connectivity index (χ0v) is 17.3. The smallest absolute Gasteiger partial charge is 0.0345 e. The van der Waals surface area contributed by atoms with E-state index in [0.717, 1.165) is 6.54 Å². The van der Waals surface area contributed by atoms with Gasteiger partial charge in [-0.15, -0.1) is 11.8 Å². The molecule has 1 atom stereocenters. The molecule has 138 valence electrons. The van der Waals surface area contributed by atoms with Crippen LogP contribution < -0.4 is 10.6 Å². The van der Waals surface area contributed by atoms with Crippen molar-refractivity contribution >= 4 is 34.9 Å². The summed E-state index contributed by atoms with van der Waals surface area (Å²) in [7, 11) is 0. The number of hydrogen-bond acceptors (Lipinski definition) is 4. The molecule has 2 aromatic rings. The molecule has 4 rings (SSSR count). The Morgan fingerprint density at radius 1 is 1.04 bits per heavy atom. The Balaban J connectivity index is 1.38. The standard InChI is InChI=1S/C22H28N2S2/c1-15(2)24-21-5-6-22-19(11-21)9-16(13-26-22)12-23-20-4-3-18-14-25-8-7-17(18)10-20/h3-6,10-11,15-16,23-24H,7-9,12-14H2,1-2H3. The highest BCUT2D eigenvalue weighted by atomic mass is 32.2. The third kappa shape index (κ3) is 4.34. The lowest BCUT2D eigenvalue weighted by molar-refractivity contribution is 0.607. The third-order valence-electron chi connectivity index (χ3n) is 5.07. The lowest BCUT2D eigenvalue weighted by atomic mass is 9.99. The van der Waals surface area contributed by atoms with E-state index in [-0.39, 0.29) is 0 Å². The van der Waals surface area contributed by atoms with Gasteiger partial charge in [-0.25, -0.2) is 0 Å². The molecule has 0 aromatic heterocycles. The molecular weight excluding hydrogens is 356 g/mol. The van der Waals surface area contributed by atoms with E-state index >= 15 is 0 Å². The van der Waals surface area contributed by atoms with Crippen LogP contribution in [0.3, 0.4) is 0 Å². The first kappa shape index (κ1) is 18.1. The molecule has 0 fully saturated rings. The first-order chi connectivity index (χ1) is 12.7. The van der Waals surface area contributed by atoms with Crippen LogP contribution in [0.1, 0.15) is 30.5 Å². The minimum absolute atomic E-state index is 0.476. The highest BCUT2D eigenvalue weighted by Crippen LogP contribution is 2.35. The topological polar surface area (TPSA) is 24.1 Å². The Morgan fingerprint density at radius 3 is 2.77 bits per heavy atom. The van der Waals surface area contributed by atoms with Gasteiger partial charge in [0.15, 0.2) is 0 Å². The van der Waals surface area contributed by atoms with Gasteiger partial charge < -0.3 is 10.6 Å². The molecule has 2 aromatic carbocycles. The van der Waals surface area contributed by atoms with Gasteiger partial charge in [-0.3, -0.25) is 0 Å². The number of anilines is 2. The number of benzene rings is 2. The fourth-order valence-corrected chi connectivity index (χ4v) is 5.90. The molecule has 0 amide bonds. The fourth-order valence-electron chi connectivity index (χ4n) is 3.75. The summed E-state index contributed by atoms with van der Waals surface area (Å²) in [6.45, 7) is 5.44. The average Bonchev–Trinajstić information content (AvgIpc) is 2.65. The van der Waals surface area contributed by atoms with E-state index in [9.17, 15) is 0 Å². The van der Waals surface area contributed by atoms with Crippen LogP contribution in [0.15, 0.2) is 41.3 Å². The Bertz CT molecular complexity index is 773. The van der Waals surface area contributed by atoms with Crippen LogP contribution in [0.25, 0.3) is 0 Å². The fraction of sp³-hybridized carbons (Fsp3) is 0.455. The molecule has 1 unspecified atom stereocenters. The molecule has 4 heteroatoms. The Kier molecular flexibility index (Phi) is 5.70. The summed E-state index contributed by atoms with van der Waals surface area (Å²) in [5, 5.41) is 7.24. The summed E-state index contributed by atoms with van der Waals surface area (Å²) in [5.41, 5.74) is 7.11. The van der Waals surface area contributed by atoms with E-state index in [1.165, 1.54) is 57.5 Å². The predicted molar refractivity (Wildman–Crippen MR) is 118 cm³/mol. The number of aryl methyl sites for hydroxylation is 1. The molecular formula is C22H28N2S2. The van der Waals surface area contributed by atoms with Crippen molar-refractivity contribution in [2.75, 3.05) is 28.7 Å². The average molecular weight is 385 g/mol. The van der Waals surface area contributed by atoms with Gasteiger partial charge in [0.05, 0.1) is 0 Å². The summed E-state index contributed by atoms with van der Waals surface area (Å²) in [6, 6.07) is 14.3. The van der Waals surface area contributed by atoms with Gasteiger partial charge in [-0.05, 0) is 85.4 Å². The molecule has 2 heterocycles. The van der Waals surface area contributed by atoms with E-state index in [0.29, 0.717) is 12.0 Å². The number of nitrogens with one attached hydrogen (secondary N) is 2. The molecule has 2 nitrogen and oxygen atoms in total. The van der Waals surface area contributed by atoms with Gasteiger partial charge >= 0.3 is 0 Å². The van der Waals surface area contributed by atoms with Crippen LogP contribution in [0.4, 0.5) is 11.4 Å². The number of rotatable bonds is 5. The molecule has 0 saturated heterocycles. The maximum atomic E-state index is 3.71. The molecule has 0 aliphatic carbocycles. The van der Waals surface area contributed by atoms with E-state index in [1.54, 1.807) is 5.56 Å². The zero-order valence-electron chi connectivity index (χ0n) is 15.7. The third-order valence-corrected chi connectivity index (χ3v) is 7.43. The lowest BCUT2D eigenvalue weighted by Crippen LogP contribution is -2.22. The van der Waals surface area contributed by atoms with Gasteiger partial charge in [0.25, 0.3) is 0 Å². The Hall–Kier alpha value is -1.26. The van der Waals surface area contributed by atoms with Gasteiger partial charge in [-0.1, -0.05) is 6.07 Å². The Labute approximate surface area is 165 Å². The van der Waals surface area contributed by atoms with Crippen LogP contribution in [0, 0.1) is 5.92 Å². The van der Waals surface area contributed by atoms with Crippen molar-refractivity contribution in [3.8, 4) is 0 Å². The highest BCUT2D eigenvalue weighted by Gasteiger charge is 2.20. The first-order valence-electron chi connectivity index (χ1n) is 9.63. The number of thioether (sulfide) groups is 2. The van der Waals surface area contributed by atoms with Crippen LogP contribution in [0.2, 0.25) is 0 Å². The van der Waals surface area contributed by atoms with Gasteiger partial charge in [-0.2, -0.15) is 11.8 Å². The van der Waals surface area contributed by atoms with E-state index in [1.807, 2.05) is 23.5 Å². The number of hydrogen-bond donors (Lipinski definition) is 2. The van der Waals surface area contributed by atoms with Crippen molar-refractivity contribution in [1.82, 2.24) is 0 Å². The minimum atomic E-state index is 0.476. The second-order valence-corrected chi connectivity index (χ2v) is 9.84. The van der Waals surface area contributed by atoms with Crippen molar-refractivity contribution in [3.63, 3.8) is 0 Å². The van der Waals surface area contributed by atoms with Crippen LogP contribution >= 0.6 is 23.5 Å². The summed E-state index contributed by atoms with van der Waals surface area (Å²) >= 11 is 4.06. The molecule has 0 spiro atoms. The van der Waals surface area contributed by atoms with Crippen molar-refractivity contribution in [2.45, 2.75) is 43.4 Å². The predicted octanol–water partition coefficient (Wildman–Crippen LogP) is 5.67. The molecule has 26 heavy (non-hydrogen) atoms. The molecule has 2 N–H and O–H groups in total. The summed E-state index contributed by atoms with van der Waals surface area (Å²) in [5.74, 6) is 4.34. The van der Waals surface area contributed by atoms with Crippen LogP contribution in [-0.4, -0.2) is 24.1 Å². The molecule has 2 aliphatic heterocycles. The monoisotopic (exact) mass is 384 g/mol. The lowest BCUT2D eigenvalue weighted by Gasteiger charge is -2.26. The van der Waals surface area contributed by atoms with E-state index < -0.39 is 0 Å². The zero-order chi connectivity index (χ0) is 17.9. The van der Waals surface area contributed by atoms with Crippen LogP contribution in [0.5, 0.6) is 0 Å². The van der Waals surface area contributed by atoms with E-state index in [4.69, 9.17) is 0 Å². The van der Waals surface area contributed by atoms with Crippen molar-refractivity contribution in [1.29, 1.82) is 0 Å². The first-order valence-corrected chi connectivity index (χ1v) is 11.8. The van der Waals surface area contributed by atoms with Gasteiger partial charge in [0.1, 0.15) is 0 Å². The highest BCUT2D eigenvalue weighted by molar-refractivity contribution is 7.99. The van der Waals surface area contributed by atoms with Crippen molar-refractivity contribution in [3.05, 3.63) is 53.1 Å². The minimum Gasteiger partial charge on any atom is -0.385 e. The summed E-state index contributed by atoms with van der Waals surface area (Å²) < 4.78 is 0. The summed E-state index contributed by atoms with van der Waals surface area (Å²) in [4.78, 5) is 1.46. The van der Waals surface area contributed by atoms with Gasteiger partial charge in [0.2, 0.25) is 0 Å². The molecule has 0 radical (unpaired) electrons. The van der Waals surface area contributed by atoms with Gasteiger partial charge in [0, 0.05) is 40.4 Å². The largest absolute Gasteiger partial charge is 0.385 e. The number of fused-ring (bicyclic) bond motifs is 2. The molecule has 2 aliphatic rings. The van der Waals surface area contributed by atoms with E-state index in [2.05, 4.69) is 60.9 Å². The Morgan fingerprint density at radius 2 is 1.88 bits per heavy atom. The van der Waals surface area contributed by atoms with Crippen molar-refractivity contribution in [2.24, 2.45) is 5.92 Å². The van der Waals surface area contributed by atoms with Crippen molar-refractivity contribution < 1.29 is 0 Å². The quantitative estimate of drug-likeness (QED) is 0.693. The molecule has 0 bridgehead atoms. The van der Waals surface area contributed by atoms with Crippen LogP contribution in [-0.2, 0) is 18.6 Å². The maximum Gasteiger partial charge on any atom is 0.0345 e.